The first-order valence-electron chi connectivity index (χ1n) is 17.6. The first kappa shape index (κ1) is 37.6. The van der Waals surface area contributed by atoms with E-state index in [9.17, 15) is 4.79 Å². The van der Waals surface area contributed by atoms with E-state index in [-0.39, 0.29) is 13.2 Å². The SMILES string of the molecule is CC(=O)O[C@H](c1ccc(Br)cc1C)[C@H]1O[C@H](COCc2ccccc2)[C@@H](OCc2ccccc2)[C@H](OCc2ccccc2)[C@@H]1OCc1ccccc1. The summed E-state index contributed by atoms with van der Waals surface area (Å²) in [7, 11) is 0. The lowest BCUT2D eigenvalue weighted by atomic mass is 9.87. The van der Waals surface area contributed by atoms with Crippen molar-refractivity contribution < 1.29 is 33.2 Å². The molecule has 1 heterocycles. The van der Waals surface area contributed by atoms with Crippen molar-refractivity contribution in [3.8, 4) is 0 Å². The third-order valence-electron chi connectivity index (χ3n) is 9.05. The van der Waals surface area contributed by atoms with Crippen LogP contribution in [0.1, 0.15) is 46.4 Å². The third kappa shape index (κ3) is 10.5. The molecule has 270 valence electrons. The fraction of sp³-hybridized carbons (Fsp3) is 0.295. The van der Waals surface area contributed by atoms with Crippen LogP contribution in [-0.2, 0) is 59.6 Å². The maximum atomic E-state index is 12.9. The number of carbonyl (C=O) groups is 1. The van der Waals surface area contributed by atoms with Crippen LogP contribution in [0.2, 0.25) is 0 Å². The summed E-state index contributed by atoms with van der Waals surface area (Å²) < 4.78 is 41.1. The Morgan fingerprint density at radius 1 is 0.635 bits per heavy atom. The second-order valence-corrected chi connectivity index (χ2v) is 13.9. The molecule has 0 bridgehead atoms. The number of rotatable bonds is 16. The molecule has 5 aromatic carbocycles. The molecule has 1 aliphatic rings. The van der Waals surface area contributed by atoms with Gasteiger partial charge < -0.3 is 28.4 Å². The first-order valence-corrected chi connectivity index (χ1v) is 18.4. The Kier molecular flexibility index (Phi) is 13.8. The monoisotopic (exact) mass is 764 g/mol. The predicted molar refractivity (Wildman–Crippen MR) is 203 cm³/mol. The van der Waals surface area contributed by atoms with Crippen LogP contribution in [0.3, 0.4) is 0 Å². The van der Waals surface area contributed by atoms with E-state index < -0.39 is 42.6 Å². The topological polar surface area (TPSA) is 72.5 Å². The van der Waals surface area contributed by atoms with Crippen LogP contribution in [0.15, 0.2) is 144 Å². The van der Waals surface area contributed by atoms with Gasteiger partial charge in [-0.15, -0.1) is 0 Å². The van der Waals surface area contributed by atoms with Gasteiger partial charge in [0.2, 0.25) is 0 Å². The van der Waals surface area contributed by atoms with E-state index in [1.165, 1.54) is 6.92 Å². The van der Waals surface area contributed by atoms with Crippen LogP contribution >= 0.6 is 15.9 Å². The molecule has 52 heavy (non-hydrogen) atoms. The van der Waals surface area contributed by atoms with Crippen LogP contribution < -0.4 is 0 Å². The van der Waals surface area contributed by atoms with E-state index in [2.05, 4.69) is 15.9 Å². The fourth-order valence-electron chi connectivity index (χ4n) is 6.51. The molecule has 1 aliphatic heterocycles. The van der Waals surface area contributed by atoms with Crippen molar-refractivity contribution >= 4 is 21.9 Å². The number of hydrogen-bond acceptors (Lipinski definition) is 7. The average Bonchev–Trinajstić information content (AvgIpc) is 3.16. The number of aryl methyl sites for hydroxylation is 1. The lowest BCUT2D eigenvalue weighted by Crippen LogP contribution is -2.62. The number of carbonyl (C=O) groups excluding carboxylic acids is 1. The number of esters is 1. The Labute approximate surface area is 314 Å². The molecule has 0 unspecified atom stereocenters. The van der Waals surface area contributed by atoms with Gasteiger partial charge in [-0.25, -0.2) is 0 Å². The van der Waals surface area contributed by atoms with Gasteiger partial charge in [0.1, 0.15) is 30.5 Å². The maximum absolute atomic E-state index is 12.9. The highest BCUT2D eigenvalue weighted by Gasteiger charge is 2.52. The van der Waals surface area contributed by atoms with Gasteiger partial charge in [0.05, 0.1) is 33.0 Å². The lowest BCUT2D eigenvalue weighted by Gasteiger charge is -2.48. The van der Waals surface area contributed by atoms with Crippen molar-refractivity contribution in [3.63, 3.8) is 0 Å². The second-order valence-electron chi connectivity index (χ2n) is 13.0. The van der Waals surface area contributed by atoms with Gasteiger partial charge in [-0.3, -0.25) is 4.79 Å². The second kappa shape index (κ2) is 19.1. The maximum Gasteiger partial charge on any atom is 0.303 e. The Hall–Kier alpha value is -4.15. The van der Waals surface area contributed by atoms with Crippen molar-refractivity contribution in [2.24, 2.45) is 0 Å². The molecule has 0 aromatic heterocycles. The van der Waals surface area contributed by atoms with Gasteiger partial charge >= 0.3 is 5.97 Å². The Morgan fingerprint density at radius 2 is 1.10 bits per heavy atom. The molecule has 0 radical (unpaired) electrons. The molecular formula is C44H45BrO7. The highest BCUT2D eigenvalue weighted by molar-refractivity contribution is 9.10. The normalized spacial score (nSPS) is 20.6. The van der Waals surface area contributed by atoms with E-state index in [1.54, 1.807) is 0 Å². The minimum atomic E-state index is -0.819. The van der Waals surface area contributed by atoms with Gasteiger partial charge in [0.25, 0.3) is 0 Å². The summed E-state index contributed by atoms with van der Waals surface area (Å²) in [4.78, 5) is 12.9. The van der Waals surface area contributed by atoms with Gasteiger partial charge in [-0.05, 0) is 52.4 Å². The number of benzene rings is 5. The summed E-state index contributed by atoms with van der Waals surface area (Å²) >= 11 is 3.59. The number of halogens is 1. The smallest absolute Gasteiger partial charge is 0.303 e. The molecule has 1 fully saturated rings. The van der Waals surface area contributed by atoms with E-state index in [0.29, 0.717) is 19.8 Å². The molecule has 6 atom stereocenters. The van der Waals surface area contributed by atoms with Crippen LogP contribution in [0.5, 0.6) is 0 Å². The zero-order valence-corrected chi connectivity index (χ0v) is 31.1. The zero-order chi connectivity index (χ0) is 36.1. The summed E-state index contributed by atoms with van der Waals surface area (Å²) in [6.07, 6.45) is -4.19. The van der Waals surface area contributed by atoms with Crippen molar-refractivity contribution in [1.29, 1.82) is 0 Å². The molecule has 0 saturated carbocycles. The minimum Gasteiger partial charge on any atom is -0.455 e. The van der Waals surface area contributed by atoms with Crippen LogP contribution in [-0.4, -0.2) is 43.1 Å². The number of hydrogen-bond donors (Lipinski definition) is 0. The van der Waals surface area contributed by atoms with Crippen molar-refractivity contribution in [2.45, 2.75) is 76.9 Å². The molecule has 0 amide bonds. The summed E-state index contributed by atoms with van der Waals surface area (Å²) in [6, 6.07) is 46.0. The van der Waals surface area contributed by atoms with E-state index in [1.807, 2.05) is 146 Å². The molecule has 6 rings (SSSR count). The summed E-state index contributed by atoms with van der Waals surface area (Å²) in [5, 5.41) is 0. The molecule has 1 saturated heterocycles. The largest absolute Gasteiger partial charge is 0.455 e. The van der Waals surface area contributed by atoms with E-state index in [0.717, 1.165) is 37.9 Å². The molecule has 5 aromatic rings. The van der Waals surface area contributed by atoms with E-state index in [4.69, 9.17) is 28.4 Å². The Bertz CT molecular complexity index is 1810. The molecule has 0 aliphatic carbocycles. The quantitative estimate of drug-likeness (QED) is 0.0929. The lowest BCUT2D eigenvalue weighted by molar-refractivity contribution is -0.289. The Balaban J connectivity index is 1.41. The van der Waals surface area contributed by atoms with Gasteiger partial charge in [0, 0.05) is 11.4 Å². The van der Waals surface area contributed by atoms with Crippen LogP contribution in [0, 0.1) is 6.92 Å². The molecule has 0 N–H and O–H groups in total. The minimum absolute atomic E-state index is 0.202. The summed E-state index contributed by atoms with van der Waals surface area (Å²) in [6.45, 7) is 4.91. The van der Waals surface area contributed by atoms with Gasteiger partial charge in [-0.1, -0.05) is 143 Å². The fourth-order valence-corrected chi connectivity index (χ4v) is 6.99. The van der Waals surface area contributed by atoms with Crippen LogP contribution in [0.4, 0.5) is 0 Å². The highest BCUT2D eigenvalue weighted by atomic mass is 79.9. The predicted octanol–water partition coefficient (Wildman–Crippen LogP) is 9.10. The third-order valence-corrected chi connectivity index (χ3v) is 9.54. The highest BCUT2D eigenvalue weighted by Crippen LogP contribution is 2.39. The van der Waals surface area contributed by atoms with E-state index >= 15 is 0 Å². The molecule has 0 spiro atoms. The zero-order valence-electron chi connectivity index (χ0n) is 29.5. The summed E-state index contributed by atoms with van der Waals surface area (Å²) in [5.74, 6) is -0.432. The van der Waals surface area contributed by atoms with Crippen molar-refractivity contribution in [3.05, 3.63) is 177 Å². The average molecular weight is 766 g/mol. The number of ether oxygens (including phenoxy) is 6. The molecule has 7 nitrogen and oxygen atoms in total. The molecule has 8 heteroatoms. The van der Waals surface area contributed by atoms with Crippen molar-refractivity contribution in [2.75, 3.05) is 6.61 Å². The van der Waals surface area contributed by atoms with Gasteiger partial charge in [-0.2, -0.15) is 0 Å². The molecular weight excluding hydrogens is 720 g/mol. The van der Waals surface area contributed by atoms with Crippen LogP contribution in [0.25, 0.3) is 0 Å². The summed E-state index contributed by atoms with van der Waals surface area (Å²) in [5.41, 5.74) is 5.80. The standard InChI is InChI=1S/C44H45BrO7/c1-31-25-37(45)23-24-38(31)40(51-32(2)46)44-43(50-29-36-21-13-6-14-22-36)42(49-28-35-19-11-5-12-20-35)41(48-27-34-17-9-4-10-18-34)39(52-44)30-47-26-33-15-7-3-8-16-33/h3-25,39-44H,26-30H2,1-2H3/t39-,40-,41-,42+,43+,44-/m1/s1. The van der Waals surface area contributed by atoms with Crippen molar-refractivity contribution in [1.82, 2.24) is 0 Å². The Morgan fingerprint density at radius 3 is 1.58 bits per heavy atom. The first-order chi connectivity index (χ1) is 25.4. The van der Waals surface area contributed by atoms with Gasteiger partial charge in [0.15, 0.2) is 6.10 Å².